The second-order valence-electron chi connectivity index (χ2n) is 4.52. The van der Waals surface area contributed by atoms with Gasteiger partial charge in [0.15, 0.2) is 0 Å². The molecule has 1 amide bonds. The standard InChI is InChI=1S/C18H13ClN2O2/c19-17-11-15(12-20)8-9-16(17)7-4-10-21-18(22)23-13-14-5-2-1-3-6-14/h1-3,5-6,8-9,11H,10,13H2,(H,21,22). The molecule has 0 heterocycles. The van der Waals surface area contributed by atoms with Gasteiger partial charge in [0, 0.05) is 5.56 Å². The minimum Gasteiger partial charge on any atom is -0.445 e. The van der Waals surface area contributed by atoms with Gasteiger partial charge >= 0.3 is 6.09 Å². The number of rotatable bonds is 3. The van der Waals surface area contributed by atoms with Crippen molar-refractivity contribution in [3.05, 3.63) is 70.2 Å². The number of carbonyl (C=O) groups excluding carboxylic acids is 1. The number of nitriles is 1. The summed E-state index contributed by atoms with van der Waals surface area (Å²) in [5, 5.41) is 11.7. The molecule has 0 aromatic heterocycles. The van der Waals surface area contributed by atoms with E-state index in [0.29, 0.717) is 16.1 Å². The number of hydrogen-bond acceptors (Lipinski definition) is 3. The molecule has 0 spiro atoms. The van der Waals surface area contributed by atoms with Gasteiger partial charge in [-0.25, -0.2) is 4.79 Å². The first kappa shape index (κ1) is 16.4. The van der Waals surface area contributed by atoms with Gasteiger partial charge in [0.05, 0.1) is 23.2 Å². The SMILES string of the molecule is N#Cc1ccc(C#CCNC(=O)OCc2ccccc2)c(Cl)c1. The Labute approximate surface area is 139 Å². The largest absolute Gasteiger partial charge is 0.445 e. The van der Waals surface area contributed by atoms with Crippen LogP contribution in [0.5, 0.6) is 0 Å². The number of nitrogens with one attached hydrogen (secondary N) is 1. The highest BCUT2D eigenvalue weighted by molar-refractivity contribution is 6.31. The Morgan fingerprint density at radius 2 is 2.00 bits per heavy atom. The maximum atomic E-state index is 11.5. The first-order chi connectivity index (χ1) is 11.2. The number of amides is 1. The third kappa shape index (κ3) is 5.39. The number of hydrogen-bond donors (Lipinski definition) is 1. The van der Waals surface area contributed by atoms with E-state index in [1.807, 2.05) is 36.4 Å². The molecule has 2 aromatic rings. The van der Waals surface area contributed by atoms with E-state index in [9.17, 15) is 4.79 Å². The fourth-order valence-corrected chi connectivity index (χ4v) is 1.94. The van der Waals surface area contributed by atoms with E-state index in [2.05, 4.69) is 17.2 Å². The van der Waals surface area contributed by atoms with E-state index in [0.717, 1.165) is 5.56 Å². The molecule has 5 heteroatoms. The second-order valence-corrected chi connectivity index (χ2v) is 4.93. The van der Waals surface area contributed by atoms with Crippen molar-refractivity contribution in [1.29, 1.82) is 5.26 Å². The van der Waals surface area contributed by atoms with Gasteiger partial charge in [0.25, 0.3) is 0 Å². The maximum Gasteiger partial charge on any atom is 0.408 e. The van der Waals surface area contributed by atoms with Gasteiger partial charge in [-0.1, -0.05) is 53.8 Å². The van der Waals surface area contributed by atoms with Crippen molar-refractivity contribution in [2.24, 2.45) is 0 Å². The van der Waals surface area contributed by atoms with Crippen molar-refractivity contribution in [2.45, 2.75) is 6.61 Å². The molecule has 0 radical (unpaired) electrons. The van der Waals surface area contributed by atoms with Crippen LogP contribution in [0.3, 0.4) is 0 Å². The third-order valence-corrected chi connectivity index (χ3v) is 3.17. The molecule has 0 fully saturated rings. The molecule has 2 rings (SSSR count). The summed E-state index contributed by atoms with van der Waals surface area (Å²) in [6.07, 6.45) is -0.533. The summed E-state index contributed by atoms with van der Waals surface area (Å²) >= 11 is 6.00. The van der Waals surface area contributed by atoms with Crippen molar-refractivity contribution >= 4 is 17.7 Å². The number of alkyl carbamates (subject to hydrolysis) is 1. The molecule has 114 valence electrons. The Balaban J connectivity index is 1.79. The number of benzene rings is 2. The third-order valence-electron chi connectivity index (χ3n) is 2.86. The fraction of sp³-hybridized carbons (Fsp3) is 0.111. The molecule has 4 nitrogen and oxygen atoms in total. The van der Waals surface area contributed by atoms with Crippen molar-refractivity contribution in [2.75, 3.05) is 6.54 Å². The van der Waals surface area contributed by atoms with Crippen LogP contribution in [0.4, 0.5) is 4.79 Å². The number of nitrogens with zero attached hydrogens (tertiary/aromatic N) is 1. The molecule has 0 aliphatic carbocycles. The van der Waals surface area contributed by atoms with Gasteiger partial charge < -0.3 is 10.1 Å². The predicted molar refractivity (Wildman–Crippen MR) is 87.7 cm³/mol. The molecule has 0 aliphatic rings. The van der Waals surface area contributed by atoms with Crippen molar-refractivity contribution in [1.82, 2.24) is 5.32 Å². The lowest BCUT2D eigenvalue weighted by Crippen LogP contribution is -2.24. The van der Waals surface area contributed by atoms with E-state index in [1.165, 1.54) is 0 Å². The Morgan fingerprint density at radius 1 is 1.22 bits per heavy atom. The van der Waals surface area contributed by atoms with Crippen molar-refractivity contribution in [3.63, 3.8) is 0 Å². The van der Waals surface area contributed by atoms with Crippen LogP contribution in [-0.2, 0) is 11.3 Å². The highest BCUT2D eigenvalue weighted by Crippen LogP contribution is 2.16. The van der Waals surface area contributed by atoms with Gasteiger partial charge in [0.2, 0.25) is 0 Å². The number of ether oxygens (including phenoxy) is 1. The molecular weight excluding hydrogens is 312 g/mol. The summed E-state index contributed by atoms with van der Waals surface area (Å²) in [5.41, 5.74) is 1.99. The van der Waals surface area contributed by atoms with Crippen LogP contribution in [0.1, 0.15) is 16.7 Å². The Morgan fingerprint density at radius 3 is 2.70 bits per heavy atom. The maximum absolute atomic E-state index is 11.5. The smallest absolute Gasteiger partial charge is 0.408 e. The van der Waals surface area contributed by atoms with Crippen LogP contribution in [0.25, 0.3) is 0 Å². The number of halogens is 1. The van der Waals surface area contributed by atoms with Crippen LogP contribution >= 0.6 is 11.6 Å². The fourth-order valence-electron chi connectivity index (χ4n) is 1.72. The van der Waals surface area contributed by atoms with Crippen LogP contribution in [-0.4, -0.2) is 12.6 Å². The Bertz CT molecular complexity index is 786. The number of carbonyl (C=O) groups is 1. The lowest BCUT2D eigenvalue weighted by atomic mass is 10.1. The normalized spacial score (nSPS) is 9.22. The predicted octanol–water partition coefficient (Wildman–Crippen LogP) is 3.49. The minimum absolute atomic E-state index is 0.143. The minimum atomic E-state index is -0.533. The molecule has 1 N–H and O–H groups in total. The molecule has 0 atom stereocenters. The van der Waals surface area contributed by atoms with E-state index in [4.69, 9.17) is 21.6 Å². The molecule has 2 aromatic carbocycles. The molecule has 0 saturated carbocycles. The van der Waals surface area contributed by atoms with Crippen LogP contribution in [0, 0.1) is 23.2 Å². The molecule has 0 saturated heterocycles. The zero-order valence-electron chi connectivity index (χ0n) is 12.2. The summed E-state index contributed by atoms with van der Waals surface area (Å²) in [6.45, 7) is 0.353. The summed E-state index contributed by atoms with van der Waals surface area (Å²) in [7, 11) is 0. The first-order valence-electron chi connectivity index (χ1n) is 6.82. The Kier molecular flexibility index (Phi) is 6.06. The zero-order chi connectivity index (χ0) is 16.5. The average Bonchev–Trinajstić information content (AvgIpc) is 2.58. The van der Waals surface area contributed by atoms with Gasteiger partial charge in [-0.15, -0.1) is 0 Å². The lowest BCUT2D eigenvalue weighted by molar-refractivity contribution is 0.141. The summed E-state index contributed by atoms with van der Waals surface area (Å²) in [6, 6.07) is 16.3. The average molecular weight is 325 g/mol. The Hall–Kier alpha value is -2.95. The van der Waals surface area contributed by atoms with Crippen LogP contribution < -0.4 is 5.32 Å². The molecule has 23 heavy (non-hydrogen) atoms. The monoisotopic (exact) mass is 324 g/mol. The van der Waals surface area contributed by atoms with Crippen LogP contribution in [0.2, 0.25) is 5.02 Å². The van der Waals surface area contributed by atoms with E-state index < -0.39 is 6.09 Å². The van der Waals surface area contributed by atoms with Gasteiger partial charge in [-0.2, -0.15) is 5.26 Å². The zero-order valence-corrected chi connectivity index (χ0v) is 12.9. The molecule has 0 aliphatic heterocycles. The van der Waals surface area contributed by atoms with Gasteiger partial charge in [0.1, 0.15) is 6.61 Å². The van der Waals surface area contributed by atoms with Crippen LogP contribution in [0.15, 0.2) is 48.5 Å². The van der Waals surface area contributed by atoms with Crippen molar-refractivity contribution < 1.29 is 9.53 Å². The lowest BCUT2D eigenvalue weighted by Gasteiger charge is -2.04. The molecular formula is C18H13ClN2O2. The highest BCUT2D eigenvalue weighted by Gasteiger charge is 2.01. The second kappa shape index (κ2) is 8.48. The highest BCUT2D eigenvalue weighted by atomic mass is 35.5. The van der Waals surface area contributed by atoms with Crippen molar-refractivity contribution in [3.8, 4) is 17.9 Å². The summed E-state index contributed by atoms with van der Waals surface area (Å²) in [4.78, 5) is 11.5. The molecule has 0 unspecified atom stereocenters. The van der Waals surface area contributed by atoms with E-state index in [1.54, 1.807) is 18.2 Å². The van der Waals surface area contributed by atoms with Gasteiger partial charge in [-0.3, -0.25) is 0 Å². The first-order valence-corrected chi connectivity index (χ1v) is 7.20. The summed E-state index contributed by atoms with van der Waals surface area (Å²) < 4.78 is 5.05. The summed E-state index contributed by atoms with van der Waals surface area (Å²) in [5.74, 6) is 5.61. The van der Waals surface area contributed by atoms with Gasteiger partial charge in [-0.05, 0) is 23.8 Å². The topological polar surface area (TPSA) is 62.1 Å². The molecule has 0 bridgehead atoms. The quantitative estimate of drug-likeness (QED) is 0.879. The van der Waals surface area contributed by atoms with E-state index >= 15 is 0 Å². The van der Waals surface area contributed by atoms with E-state index in [-0.39, 0.29) is 13.2 Å².